The number of hydrogen-bond acceptors (Lipinski definition) is 3. The van der Waals surface area contributed by atoms with Gasteiger partial charge in [-0.3, -0.25) is 4.79 Å². The molecule has 0 spiro atoms. The molecule has 1 heterocycles. The van der Waals surface area contributed by atoms with Crippen LogP contribution in [0.2, 0.25) is 0 Å². The molecule has 26 heavy (non-hydrogen) atoms. The zero-order valence-electron chi connectivity index (χ0n) is 15.7. The van der Waals surface area contributed by atoms with Crippen LogP contribution >= 0.6 is 0 Å². The predicted molar refractivity (Wildman–Crippen MR) is 106 cm³/mol. The summed E-state index contributed by atoms with van der Waals surface area (Å²) in [5.74, 6) is 1.49. The maximum Gasteiger partial charge on any atom is 0.220 e. The van der Waals surface area contributed by atoms with E-state index in [1.54, 1.807) is 7.11 Å². The molecule has 1 aliphatic rings. The van der Waals surface area contributed by atoms with E-state index in [4.69, 9.17) is 4.74 Å². The zero-order chi connectivity index (χ0) is 18.4. The Kier molecular flexibility index (Phi) is 6.16. The van der Waals surface area contributed by atoms with Crippen LogP contribution in [0.5, 0.6) is 5.75 Å². The first-order valence-electron chi connectivity index (χ1n) is 9.36. The number of carbonyl (C=O) groups excluding carboxylic acids is 1. The molecule has 0 radical (unpaired) electrons. The van der Waals surface area contributed by atoms with Crippen LogP contribution in [-0.4, -0.2) is 32.7 Å². The van der Waals surface area contributed by atoms with Crippen molar-refractivity contribution in [2.24, 2.45) is 5.92 Å². The highest BCUT2D eigenvalue weighted by Gasteiger charge is 2.23. The molecule has 0 aliphatic carbocycles. The number of benzene rings is 2. The summed E-state index contributed by atoms with van der Waals surface area (Å²) >= 11 is 0. The molecule has 4 heteroatoms. The third kappa shape index (κ3) is 4.78. The summed E-state index contributed by atoms with van der Waals surface area (Å²) in [7, 11) is 1.67. The maximum atomic E-state index is 12.2. The quantitative estimate of drug-likeness (QED) is 0.828. The van der Waals surface area contributed by atoms with Gasteiger partial charge in [-0.05, 0) is 55.0 Å². The van der Waals surface area contributed by atoms with E-state index < -0.39 is 0 Å². The summed E-state index contributed by atoms with van der Waals surface area (Å²) in [6, 6.07) is 16.5. The normalized spacial score (nSPS) is 16.5. The average molecular weight is 352 g/mol. The van der Waals surface area contributed by atoms with Crippen molar-refractivity contribution in [3.63, 3.8) is 0 Å². The highest BCUT2D eigenvalue weighted by Crippen LogP contribution is 2.24. The van der Waals surface area contributed by atoms with Gasteiger partial charge in [-0.2, -0.15) is 0 Å². The van der Waals surface area contributed by atoms with Crippen molar-refractivity contribution in [3.8, 4) is 5.75 Å². The number of ether oxygens (including phenoxy) is 1. The standard InChI is InChI=1S/C22H28N2O2/c1-17-6-5-8-20(14-17)24-13-12-18(16-24)15-23-22(25)11-10-19-7-3-4-9-21(19)26-2/h3-9,14,18H,10-13,15-16H2,1-2H3,(H,23,25). The van der Waals surface area contributed by atoms with Crippen molar-refractivity contribution < 1.29 is 9.53 Å². The van der Waals surface area contributed by atoms with E-state index in [0.29, 0.717) is 18.8 Å². The van der Waals surface area contributed by atoms with Gasteiger partial charge in [0.25, 0.3) is 0 Å². The van der Waals surface area contributed by atoms with Crippen LogP contribution in [0.1, 0.15) is 24.0 Å². The number of rotatable bonds is 7. The minimum absolute atomic E-state index is 0.116. The number of aryl methyl sites for hydroxylation is 2. The van der Waals surface area contributed by atoms with E-state index in [0.717, 1.165) is 37.4 Å². The second kappa shape index (κ2) is 8.75. The van der Waals surface area contributed by atoms with E-state index in [1.807, 2.05) is 24.3 Å². The molecule has 138 valence electrons. The Morgan fingerprint density at radius 3 is 2.88 bits per heavy atom. The van der Waals surface area contributed by atoms with E-state index in [1.165, 1.54) is 11.3 Å². The molecule has 2 aromatic carbocycles. The second-order valence-corrected chi connectivity index (χ2v) is 7.06. The largest absolute Gasteiger partial charge is 0.496 e. The Labute approximate surface area is 156 Å². The first-order valence-corrected chi connectivity index (χ1v) is 9.36. The van der Waals surface area contributed by atoms with E-state index in [2.05, 4.69) is 41.4 Å². The van der Waals surface area contributed by atoms with E-state index in [-0.39, 0.29) is 5.91 Å². The number of para-hydroxylation sites is 1. The fraction of sp³-hybridized carbons (Fsp3) is 0.409. The Morgan fingerprint density at radius 1 is 1.23 bits per heavy atom. The van der Waals surface area contributed by atoms with Gasteiger partial charge < -0.3 is 15.0 Å². The van der Waals surface area contributed by atoms with Crippen LogP contribution in [0, 0.1) is 12.8 Å². The molecule has 1 atom stereocenters. The summed E-state index contributed by atoms with van der Waals surface area (Å²) < 4.78 is 5.34. The summed E-state index contributed by atoms with van der Waals surface area (Å²) in [5, 5.41) is 3.11. The van der Waals surface area contributed by atoms with Crippen LogP contribution in [0.3, 0.4) is 0 Å². The first-order chi connectivity index (χ1) is 12.7. The number of carbonyl (C=O) groups is 1. The smallest absolute Gasteiger partial charge is 0.220 e. The Hall–Kier alpha value is -2.49. The van der Waals surface area contributed by atoms with Crippen LogP contribution in [-0.2, 0) is 11.2 Å². The van der Waals surface area contributed by atoms with Gasteiger partial charge in [-0.25, -0.2) is 0 Å². The summed E-state index contributed by atoms with van der Waals surface area (Å²) in [5.41, 5.74) is 3.65. The van der Waals surface area contributed by atoms with Gasteiger partial charge in [0, 0.05) is 31.7 Å². The highest BCUT2D eigenvalue weighted by molar-refractivity contribution is 5.76. The Bertz CT molecular complexity index is 744. The summed E-state index contributed by atoms with van der Waals surface area (Å²) in [6.45, 7) is 4.95. The number of nitrogens with one attached hydrogen (secondary N) is 1. The van der Waals surface area contributed by atoms with Crippen molar-refractivity contribution in [3.05, 3.63) is 59.7 Å². The molecule has 1 amide bonds. The lowest BCUT2D eigenvalue weighted by atomic mass is 10.1. The highest BCUT2D eigenvalue weighted by atomic mass is 16.5. The van der Waals surface area contributed by atoms with Gasteiger partial charge in [0.05, 0.1) is 7.11 Å². The van der Waals surface area contributed by atoms with Gasteiger partial charge in [0.2, 0.25) is 5.91 Å². The average Bonchev–Trinajstić information content (AvgIpc) is 3.14. The second-order valence-electron chi connectivity index (χ2n) is 7.06. The molecule has 1 saturated heterocycles. The third-order valence-corrected chi connectivity index (χ3v) is 5.05. The topological polar surface area (TPSA) is 41.6 Å². The lowest BCUT2D eigenvalue weighted by Gasteiger charge is -2.19. The van der Waals surface area contributed by atoms with E-state index in [9.17, 15) is 4.79 Å². The van der Waals surface area contributed by atoms with Crippen LogP contribution in [0.15, 0.2) is 48.5 Å². The van der Waals surface area contributed by atoms with Crippen molar-refractivity contribution in [2.45, 2.75) is 26.2 Å². The van der Waals surface area contributed by atoms with Crippen LogP contribution in [0.4, 0.5) is 5.69 Å². The maximum absolute atomic E-state index is 12.2. The molecule has 0 aromatic heterocycles. The number of anilines is 1. The first kappa shape index (κ1) is 18.3. The predicted octanol–water partition coefficient (Wildman–Crippen LogP) is 3.58. The number of amides is 1. The van der Waals surface area contributed by atoms with Gasteiger partial charge in [-0.1, -0.05) is 30.3 Å². The van der Waals surface area contributed by atoms with Crippen LogP contribution in [0.25, 0.3) is 0 Å². The van der Waals surface area contributed by atoms with Gasteiger partial charge >= 0.3 is 0 Å². The molecule has 2 aromatic rings. The van der Waals surface area contributed by atoms with Gasteiger partial charge in [0.1, 0.15) is 5.75 Å². The Balaban J connectivity index is 1.42. The SMILES string of the molecule is COc1ccccc1CCC(=O)NCC1CCN(c2cccc(C)c2)C1. The monoisotopic (exact) mass is 352 g/mol. The summed E-state index contributed by atoms with van der Waals surface area (Å²) in [6.07, 6.45) is 2.32. The summed E-state index contributed by atoms with van der Waals surface area (Å²) in [4.78, 5) is 14.6. The molecule has 3 rings (SSSR count). The fourth-order valence-electron chi connectivity index (χ4n) is 3.56. The molecular formula is C22H28N2O2. The lowest BCUT2D eigenvalue weighted by molar-refractivity contribution is -0.121. The fourth-order valence-corrected chi connectivity index (χ4v) is 3.56. The minimum Gasteiger partial charge on any atom is -0.496 e. The molecule has 1 aliphatic heterocycles. The minimum atomic E-state index is 0.116. The molecule has 0 saturated carbocycles. The lowest BCUT2D eigenvalue weighted by Crippen LogP contribution is -2.31. The number of hydrogen-bond donors (Lipinski definition) is 1. The molecular weight excluding hydrogens is 324 g/mol. The van der Waals surface area contributed by atoms with Crippen molar-refractivity contribution >= 4 is 11.6 Å². The molecule has 1 fully saturated rings. The number of nitrogens with zero attached hydrogens (tertiary/aromatic N) is 1. The van der Waals surface area contributed by atoms with E-state index >= 15 is 0 Å². The Morgan fingerprint density at radius 2 is 2.08 bits per heavy atom. The van der Waals surface area contributed by atoms with Crippen LogP contribution < -0.4 is 15.0 Å². The number of methoxy groups -OCH3 is 1. The molecule has 1 N–H and O–H groups in total. The van der Waals surface area contributed by atoms with Gasteiger partial charge in [-0.15, -0.1) is 0 Å². The zero-order valence-corrected chi connectivity index (χ0v) is 15.7. The third-order valence-electron chi connectivity index (χ3n) is 5.05. The molecule has 4 nitrogen and oxygen atoms in total. The van der Waals surface area contributed by atoms with Crippen molar-refractivity contribution in [1.29, 1.82) is 0 Å². The molecule has 1 unspecified atom stereocenters. The van der Waals surface area contributed by atoms with Crippen molar-refractivity contribution in [2.75, 3.05) is 31.6 Å². The molecule has 0 bridgehead atoms. The van der Waals surface area contributed by atoms with Gasteiger partial charge in [0.15, 0.2) is 0 Å². The van der Waals surface area contributed by atoms with Crippen molar-refractivity contribution in [1.82, 2.24) is 5.32 Å².